The fourth-order valence-electron chi connectivity index (χ4n) is 4.52. The third kappa shape index (κ3) is 4.46. The van der Waals surface area contributed by atoms with Crippen LogP contribution in [0.1, 0.15) is 5.82 Å². The molecule has 1 aromatic heterocycles. The van der Waals surface area contributed by atoms with Crippen LogP contribution >= 0.6 is 11.6 Å². The normalized spacial score (nSPS) is 21.1. The van der Waals surface area contributed by atoms with Crippen molar-refractivity contribution in [3.63, 3.8) is 0 Å². The highest BCUT2D eigenvalue weighted by atomic mass is 35.5. The van der Waals surface area contributed by atoms with Crippen molar-refractivity contribution < 1.29 is 19.1 Å². The van der Waals surface area contributed by atoms with Gasteiger partial charge in [0.2, 0.25) is 5.91 Å². The average molecular weight is 484 g/mol. The maximum atomic E-state index is 12.8. The van der Waals surface area contributed by atoms with Gasteiger partial charge in [-0.3, -0.25) is 14.6 Å². The standard InChI is InChI=1S/C24H26ClN5O4/c1-16-26-20-11-18(5-8-21(20)28(16)2)27-22(31)12-29-9-10-33-15-24(13-29)14-30(23(32)34-24)19-6-3-17(25)4-7-19/h3-8,11H,9-10,12-15H2,1-2H3,(H,27,31). The van der Waals surface area contributed by atoms with E-state index in [2.05, 4.69) is 10.3 Å². The van der Waals surface area contributed by atoms with Crippen molar-refractivity contribution >= 4 is 46.0 Å². The van der Waals surface area contributed by atoms with Crippen molar-refractivity contribution in [2.24, 2.45) is 7.05 Å². The molecule has 178 valence electrons. The molecule has 2 aromatic carbocycles. The number of imidazole rings is 1. The van der Waals surface area contributed by atoms with Crippen LogP contribution in [-0.2, 0) is 21.3 Å². The van der Waals surface area contributed by atoms with Crippen LogP contribution in [0.2, 0.25) is 5.02 Å². The molecule has 9 nitrogen and oxygen atoms in total. The highest BCUT2D eigenvalue weighted by Gasteiger charge is 2.48. The number of nitrogens with one attached hydrogen (secondary N) is 1. The summed E-state index contributed by atoms with van der Waals surface area (Å²) >= 11 is 5.98. The number of carbonyl (C=O) groups is 2. The smallest absolute Gasteiger partial charge is 0.415 e. The summed E-state index contributed by atoms with van der Waals surface area (Å²) in [5.74, 6) is 0.759. The van der Waals surface area contributed by atoms with Gasteiger partial charge in [-0.15, -0.1) is 0 Å². The Labute approximate surface area is 202 Å². The first-order valence-corrected chi connectivity index (χ1v) is 11.5. The predicted octanol–water partition coefficient (Wildman–Crippen LogP) is 3.20. The summed E-state index contributed by atoms with van der Waals surface area (Å²) in [6.45, 7) is 4.12. The van der Waals surface area contributed by atoms with Crippen molar-refractivity contribution in [3.05, 3.63) is 53.3 Å². The van der Waals surface area contributed by atoms with E-state index in [4.69, 9.17) is 21.1 Å². The van der Waals surface area contributed by atoms with Crippen LogP contribution in [0.15, 0.2) is 42.5 Å². The van der Waals surface area contributed by atoms with E-state index in [1.165, 1.54) is 0 Å². The van der Waals surface area contributed by atoms with Gasteiger partial charge in [0.15, 0.2) is 5.60 Å². The van der Waals surface area contributed by atoms with E-state index in [0.29, 0.717) is 42.6 Å². The third-order valence-corrected chi connectivity index (χ3v) is 6.54. The van der Waals surface area contributed by atoms with Gasteiger partial charge >= 0.3 is 6.09 Å². The number of aromatic nitrogens is 2. The van der Waals surface area contributed by atoms with Crippen LogP contribution in [0, 0.1) is 6.92 Å². The zero-order chi connectivity index (χ0) is 23.9. The lowest BCUT2D eigenvalue weighted by Gasteiger charge is -2.29. The Bertz CT molecular complexity index is 1240. The minimum absolute atomic E-state index is 0.150. The number of hydrogen-bond acceptors (Lipinski definition) is 6. The number of hydrogen-bond donors (Lipinski definition) is 1. The number of anilines is 2. The second kappa shape index (κ2) is 8.90. The molecular weight excluding hydrogens is 458 g/mol. The van der Waals surface area contributed by atoms with Gasteiger partial charge in [-0.05, 0) is 49.4 Å². The molecule has 1 spiro atoms. The maximum Gasteiger partial charge on any atom is 0.415 e. The summed E-state index contributed by atoms with van der Waals surface area (Å²) in [6.07, 6.45) is -0.434. The molecule has 0 saturated carbocycles. The molecule has 2 saturated heterocycles. The molecule has 2 aliphatic heterocycles. The fraction of sp³-hybridized carbons (Fsp3) is 0.375. The molecule has 0 bridgehead atoms. The van der Waals surface area contributed by atoms with Gasteiger partial charge in [-0.25, -0.2) is 9.78 Å². The van der Waals surface area contributed by atoms with Gasteiger partial charge in [-0.1, -0.05) is 11.6 Å². The highest BCUT2D eigenvalue weighted by molar-refractivity contribution is 6.30. The van der Waals surface area contributed by atoms with E-state index in [0.717, 1.165) is 16.9 Å². The van der Waals surface area contributed by atoms with Gasteiger partial charge < -0.3 is 19.4 Å². The summed E-state index contributed by atoms with van der Waals surface area (Å²) in [7, 11) is 1.96. The van der Waals surface area contributed by atoms with Gasteiger partial charge in [0.1, 0.15) is 5.82 Å². The van der Waals surface area contributed by atoms with Crippen molar-refractivity contribution in [1.82, 2.24) is 14.5 Å². The summed E-state index contributed by atoms with van der Waals surface area (Å²) in [6, 6.07) is 12.7. The molecule has 10 heteroatoms. The molecule has 2 fully saturated rings. The van der Waals surface area contributed by atoms with E-state index >= 15 is 0 Å². The zero-order valence-electron chi connectivity index (χ0n) is 19.1. The lowest BCUT2D eigenvalue weighted by Crippen LogP contribution is -2.49. The molecule has 1 N–H and O–H groups in total. The van der Waals surface area contributed by atoms with E-state index in [9.17, 15) is 9.59 Å². The Balaban J connectivity index is 1.26. The van der Waals surface area contributed by atoms with Crippen LogP contribution in [0.25, 0.3) is 11.0 Å². The fourth-order valence-corrected chi connectivity index (χ4v) is 4.65. The first kappa shape index (κ1) is 22.6. The Morgan fingerprint density at radius 1 is 1.21 bits per heavy atom. The Morgan fingerprint density at radius 3 is 2.79 bits per heavy atom. The number of ether oxygens (including phenoxy) is 2. The minimum atomic E-state index is -0.849. The van der Waals surface area contributed by atoms with Crippen LogP contribution in [0.5, 0.6) is 0 Å². The number of nitrogens with zero attached hydrogens (tertiary/aromatic N) is 4. The third-order valence-electron chi connectivity index (χ3n) is 6.29. The Hall–Kier alpha value is -3.14. The molecule has 3 aromatic rings. The second-order valence-electron chi connectivity index (χ2n) is 8.85. The summed E-state index contributed by atoms with van der Waals surface area (Å²) in [5.41, 5.74) is 2.39. The monoisotopic (exact) mass is 483 g/mol. The van der Waals surface area contributed by atoms with E-state index in [-0.39, 0.29) is 19.1 Å². The highest BCUT2D eigenvalue weighted by Crippen LogP contribution is 2.31. The average Bonchev–Trinajstić information content (AvgIpc) is 3.17. The molecule has 3 heterocycles. The summed E-state index contributed by atoms with van der Waals surface area (Å²) < 4.78 is 13.6. The van der Waals surface area contributed by atoms with E-state index in [1.807, 2.05) is 41.6 Å². The molecule has 0 radical (unpaired) electrons. The lowest BCUT2D eigenvalue weighted by molar-refractivity contribution is -0.117. The molecule has 2 amide bonds. The number of rotatable bonds is 4. The number of amides is 2. The first-order chi connectivity index (χ1) is 16.3. The molecule has 1 atom stereocenters. The largest absolute Gasteiger partial charge is 0.437 e. The maximum absolute atomic E-state index is 12.8. The van der Waals surface area contributed by atoms with Gasteiger partial charge in [0.05, 0.1) is 37.3 Å². The van der Waals surface area contributed by atoms with Crippen LogP contribution in [-0.4, -0.2) is 71.4 Å². The molecular formula is C24H26ClN5O4. The molecule has 34 heavy (non-hydrogen) atoms. The van der Waals surface area contributed by atoms with Crippen LogP contribution in [0.3, 0.4) is 0 Å². The summed E-state index contributed by atoms with van der Waals surface area (Å²) in [4.78, 5) is 33.6. The number of fused-ring (bicyclic) bond motifs is 1. The quantitative estimate of drug-likeness (QED) is 0.613. The predicted molar refractivity (Wildman–Crippen MR) is 129 cm³/mol. The number of carbonyl (C=O) groups excluding carboxylic acids is 2. The lowest BCUT2D eigenvalue weighted by atomic mass is 10.0. The van der Waals surface area contributed by atoms with Gasteiger partial charge in [0.25, 0.3) is 0 Å². The zero-order valence-corrected chi connectivity index (χ0v) is 19.8. The van der Waals surface area contributed by atoms with E-state index in [1.54, 1.807) is 29.2 Å². The van der Waals surface area contributed by atoms with Crippen LogP contribution in [0.4, 0.5) is 16.2 Å². The number of halogens is 1. The van der Waals surface area contributed by atoms with Crippen molar-refractivity contribution in [2.75, 3.05) is 49.6 Å². The molecule has 2 aliphatic rings. The molecule has 5 rings (SSSR count). The van der Waals surface area contributed by atoms with Crippen molar-refractivity contribution in [1.29, 1.82) is 0 Å². The van der Waals surface area contributed by atoms with Gasteiger partial charge in [0, 0.05) is 36.5 Å². The Kier molecular flexibility index (Phi) is 5.93. The topological polar surface area (TPSA) is 88.9 Å². The van der Waals surface area contributed by atoms with Gasteiger partial charge in [-0.2, -0.15) is 0 Å². The number of benzene rings is 2. The summed E-state index contributed by atoms with van der Waals surface area (Å²) in [5, 5.41) is 3.55. The van der Waals surface area contributed by atoms with Crippen molar-refractivity contribution in [3.8, 4) is 0 Å². The Morgan fingerprint density at radius 2 is 2.00 bits per heavy atom. The SMILES string of the molecule is Cc1nc2cc(NC(=O)CN3CCOCC4(C3)CN(c3ccc(Cl)cc3)C(=O)O4)ccc2n1C. The minimum Gasteiger partial charge on any atom is -0.437 e. The second-order valence-corrected chi connectivity index (χ2v) is 9.28. The van der Waals surface area contributed by atoms with Crippen molar-refractivity contribution in [2.45, 2.75) is 12.5 Å². The first-order valence-electron chi connectivity index (χ1n) is 11.1. The number of aryl methyl sites for hydroxylation is 2. The van der Waals surface area contributed by atoms with E-state index < -0.39 is 11.7 Å². The van der Waals surface area contributed by atoms with Crippen LogP contribution < -0.4 is 10.2 Å². The molecule has 1 unspecified atom stereocenters. The molecule has 0 aliphatic carbocycles.